The average Bonchev–Trinajstić information content (AvgIpc) is 3.01. The second kappa shape index (κ2) is 14.5. The van der Waals surface area contributed by atoms with E-state index < -0.39 is 0 Å². The monoisotopic (exact) mass is 530 g/mol. The van der Waals surface area contributed by atoms with Crippen molar-refractivity contribution in [1.29, 1.82) is 0 Å². The van der Waals surface area contributed by atoms with Crippen LogP contribution in [0.15, 0.2) is 109 Å². The highest BCUT2D eigenvalue weighted by atomic mass is 16.1. The van der Waals surface area contributed by atoms with Gasteiger partial charge in [-0.25, -0.2) is 0 Å². The molecule has 5 heteroatoms. The minimum absolute atomic E-state index is 0.0622. The van der Waals surface area contributed by atoms with Gasteiger partial charge in [-0.1, -0.05) is 103 Å². The van der Waals surface area contributed by atoms with E-state index in [2.05, 4.69) is 75.9 Å². The number of rotatable bonds is 15. The van der Waals surface area contributed by atoms with Crippen LogP contribution in [0.3, 0.4) is 0 Å². The number of carbonyl (C=O) groups excluding carboxylic acids is 1. The predicted octanol–water partition coefficient (Wildman–Crippen LogP) is 5.28. The average molecular weight is 531 g/mol. The molecule has 40 heavy (non-hydrogen) atoms. The highest BCUT2D eigenvalue weighted by Crippen LogP contribution is 2.28. The van der Waals surface area contributed by atoms with E-state index in [1.165, 1.54) is 32.7 Å². The van der Waals surface area contributed by atoms with Crippen LogP contribution in [0.4, 0.5) is 0 Å². The van der Waals surface area contributed by atoms with Gasteiger partial charge in [-0.3, -0.25) is 4.79 Å². The maximum atomic E-state index is 12.5. The van der Waals surface area contributed by atoms with Crippen molar-refractivity contribution >= 4 is 27.3 Å². The van der Waals surface area contributed by atoms with Gasteiger partial charge in [0.15, 0.2) is 5.78 Å². The fraction of sp³-hybridized carbons (Fsp3) is 0.229. The van der Waals surface area contributed by atoms with Crippen LogP contribution >= 0.6 is 0 Å². The number of benzene rings is 5. The lowest BCUT2D eigenvalue weighted by molar-refractivity contribution is 0.103. The Morgan fingerprint density at radius 1 is 0.475 bits per heavy atom. The molecule has 204 valence electrons. The molecule has 0 unspecified atom stereocenters. The van der Waals surface area contributed by atoms with Crippen molar-refractivity contribution in [1.82, 2.24) is 21.3 Å². The Hall–Kier alpha value is -3.87. The van der Waals surface area contributed by atoms with Gasteiger partial charge in [-0.15, -0.1) is 0 Å². The van der Waals surface area contributed by atoms with Crippen LogP contribution in [-0.2, 0) is 13.1 Å². The van der Waals surface area contributed by atoms with Crippen molar-refractivity contribution in [3.63, 3.8) is 0 Å². The molecule has 0 amide bonds. The van der Waals surface area contributed by atoms with E-state index in [9.17, 15) is 4.79 Å². The largest absolute Gasteiger partial charge is 0.314 e. The zero-order valence-electron chi connectivity index (χ0n) is 23.0. The summed E-state index contributed by atoms with van der Waals surface area (Å²) in [6, 6.07) is 36.9. The van der Waals surface area contributed by atoms with Gasteiger partial charge in [0.1, 0.15) is 0 Å². The Bertz CT molecular complexity index is 1460. The van der Waals surface area contributed by atoms with Crippen molar-refractivity contribution in [3.05, 3.63) is 131 Å². The van der Waals surface area contributed by atoms with Gasteiger partial charge < -0.3 is 21.3 Å². The predicted molar refractivity (Wildman–Crippen MR) is 167 cm³/mol. The zero-order chi connectivity index (χ0) is 27.4. The molecule has 0 aliphatic heterocycles. The number of carbonyl (C=O) groups is 1. The minimum atomic E-state index is 0.0622. The molecule has 0 spiro atoms. The summed E-state index contributed by atoms with van der Waals surface area (Å²) in [5.41, 5.74) is 4.00. The van der Waals surface area contributed by atoms with Gasteiger partial charge in [0.25, 0.3) is 0 Å². The van der Waals surface area contributed by atoms with Crippen LogP contribution in [0.25, 0.3) is 21.5 Å². The Labute approximate surface area is 237 Å². The molecule has 5 aromatic carbocycles. The molecular formula is C35H38N4O. The van der Waals surface area contributed by atoms with Crippen LogP contribution in [0.2, 0.25) is 0 Å². The molecule has 0 atom stereocenters. The summed E-state index contributed by atoms with van der Waals surface area (Å²) in [7, 11) is 0. The van der Waals surface area contributed by atoms with Crippen LogP contribution < -0.4 is 21.3 Å². The number of nitrogens with one attached hydrogen (secondary N) is 4. The molecule has 0 saturated carbocycles. The van der Waals surface area contributed by atoms with E-state index in [1.54, 1.807) is 0 Å². The summed E-state index contributed by atoms with van der Waals surface area (Å²) < 4.78 is 0. The number of ketones is 1. The molecule has 0 heterocycles. The molecule has 0 saturated heterocycles. The molecule has 0 fully saturated rings. The zero-order valence-corrected chi connectivity index (χ0v) is 23.0. The van der Waals surface area contributed by atoms with Gasteiger partial charge in [0.2, 0.25) is 0 Å². The lowest BCUT2D eigenvalue weighted by Crippen LogP contribution is -2.35. The van der Waals surface area contributed by atoms with Gasteiger partial charge in [-0.05, 0) is 38.7 Å². The first-order valence-electron chi connectivity index (χ1n) is 14.2. The van der Waals surface area contributed by atoms with Crippen LogP contribution in [0.1, 0.15) is 27.0 Å². The summed E-state index contributed by atoms with van der Waals surface area (Å²) >= 11 is 0. The first kappa shape index (κ1) is 27.7. The maximum absolute atomic E-state index is 12.5. The van der Waals surface area contributed by atoms with Crippen molar-refractivity contribution in [2.45, 2.75) is 13.1 Å². The molecule has 0 aliphatic carbocycles. The first-order valence-corrected chi connectivity index (χ1v) is 14.2. The lowest BCUT2D eigenvalue weighted by Gasteiger charge is -2.13. The summed E-state index contributed by atoms with van der Waals surface area (Å²) in [5.74, 6) is 0.0622. The van der Waals surface area contributed by atoms with Gasteiger partial charge in [0.05, 0.1) is 0 Å². The third-order valence-electron chi connectivity index (χ3n) is 7.20. The van der Waals surface area contributed by atoms with E-state index in [4.69, 9.17) is 0 Å². The fourth-order valence-electron chi connectivity index (χ4n) is 5.06. The van der Waals surface area contributed by atoms with E-state index >= 15 is 0 Å². The van der Waals surface area contributed by atoms with Crippen LogP contribution in [-0.4, -0.2) is 45.1 Å². The molecule has 0 radical (unpaired) electrons. The van der Waals surface area contributed by atoms with Crippen molar-refractivity contribution in [2.75, 3.05) is 39.3 Å². The number of fused-ring (bicyclic) bond motifs is 2. The minimum Gasteiger partial charge on any atom is -0.314 e. The topological polar surface area (TPSA) is 65.2 Å². The van der Waals surface area contributed by atoms with E-state index in [1.807, 2.05) is 54.6 Å². The maximum Gasteiger partial charge on any atom is 0.193 e. The Morgan fingerprint density at radius 3 is 1.55 bits per heavy atom. The molecule has 5 rings (SSSR count). The third-order valence-corrected chi connectivity index (χ3v) is 7.20. The van der Waals surface area contributed by atoms with Crippen molar-refractivity contribution in [2.24, 2.45) is 0 Å². The number of hydrogen-bond acceptors (Lipinski definition) is 5. The second-order valence-electron chi connectivity index (χ2n) is 10.0. The van der Waals surface area contributed by atoms with Crippen LogP contribution in [0.5, 0.6) is 0 Å². The standard InChI is InChI=1S/C35H38N4O/c40-35(28-8-2-1-3-9-28)29-16-14-27(15-17-29)25-38-22-20-36-18-19-37-21-23-39-26-34-32-12-6-4-10-30(32)24-31-11-5-7-13-33(31)34/h1-17,24,36-39H,18-23,25-26H2. The molecule has 0 bridgehead atoms. The molecule has 4 N–H and O–H groups in total. The second-order valence-corrected chi connectivity index (χ2v) is 10.0. The smallest absolute Gasteiger partial charge is 0.193 e. The summed E-state index contributed by atoms with van der Waals surface area (Å²) in [5, 5.41) is 19.3. The number of hydrogen-bond donors (Lipinski definition) is 4. The third kappa shape index (κ3) is 7.40. The molecule has 5 aromatic rings. The molecule has 0 aliphatic rings. The summed E-state index contributed by atoms with van der Waals surface area (Å²) in [6.45, 7) is 7.20. The summed E-state index contributed by atoms with van der Waals surface area (Å²) in [6.07, 6.45) is 0. The Kier molecular flexibility index (Phi) is 10.0. The Morgan fingerprint density at radius 2 is 0.950 bits per heavy atom. The quantitative estimate of drug-likeness (QED) is 0.0843. The molecule has 0 aromatic heterocycles. The van der Waals surface area contributed by atoms with E-state index in [-0.39, 0.29) is 5.78 Å². The van der Waals surface area contributed by atoms with Gasteiger partial charge >= 0.3 is 0 Å². The lowest BCUT2D eigenvalue weighted by atomic mass is 9.97. The van der Waals surface area contributed by atoms with Gasteiger partial charge in [0, 0.05) is 63.5 Å². The first-order chi connectivity index (χ1) is 19.8. The van der Waals surface area contributed by atoms with Crippen molar-refractivity contribution < 1.29 is 4.79 Å². The fourth-order valence-corrected chi connectivity index (χ4v) is 5.06. The highest BCUT2D eigenvalue weighted by Gasteiger charge is 2.08. The van der Waals surface area contributed by atoms with Gasteiger partial charge in [-0.2, -0.15) is 0 Å². The normalized spacial score (nSPS) is 11.3. The highest BCUT2D eigenvalue weighted by molar-refractivity contribution is 6.09. The van der Waals surface area contributed by atoms with E-state index in [0.29, 0.717) is 0 Å². The SMILES string of the molecule is O=C(c1ccccc1)c1ccc(CNCCNCCNCCNCc2c3ccccc3cc3ccccc23)cc1. The van der Waals surface area contributed by atoms with Crippen LogP contribution in [0, 0.1) is 0 Å². The molecular weight excluding hydrogens is 492 g/mol. The summed E-state index contributed by atoms with van der Waals surface area (Å²) in [4.78, 5) is 12.5. The molecule has 5 nitrogen and oxygen atoms in total. The Balaban J connectivity index is 0.927. The van der Waals surface area contributed by atoms with E-state index in [0.717, 1.165) is 63.5 Å². The van der Waals surface area contributed by atoms with Crippen molar-refractivity contribution in [3.8, 4) is 0 Å².